The van der Waals surface area contributed by atoms with Crippen LogP contribution in [0.1, 0.15) is 17.2 Å². The summed E-state index contributed by atoms with van der Waals surface area (Å²) in [6.45, 7) is 1.44. The van der Waals surface area contributed by atoms with Gasteiger partial charge >= 0.3 is 0 Å². The van der Waals surface area contributed by atoms with E-state index in [1.165, 1.54) is 0 Å². The molecule has 0 aliphatic heterocycles. The van der Waals surface area contributed by atoms with Crippen molar-refractivity contribution in [2.24, 2.45) is 0 Å². The maximum absolute atomic E-state index is 9.46. The van der Waals surface area contributed by atoms with Gasteiger partial charge in [-0.25, -0.2) is 0 Å². The van der Waals surface area contributed by atoms with Crippen LogP contribution in [0, 0.1) is 0 Å². The third kappa shape index (κ3) is 5.77. The molecule has 4 heteroatoms. The molecule has 0 aliphatic rings. The second-order valence-electron chi connectivity index (χ2n) is 5.67. The van der Waals surface area contributed by atoms with Crippen molar-refractivity contribution in [3.63, 3.8) is 0 Å². The number of aliphatic hydroxyl groups excluding tert-OH is 2. The Morgan fingerprint density at radius 2 is 1.48 bits per heavy atom. The Morgan fingerprint density at radius 3 is 1.96 bits per heavy atom. The molecule has 0 saturated heterocycles. The van der Waals surface area contributed by atoms with E-state index in [4.69, 9.17) is 9.84 Å². The molecule has 0 spiro atoms. The second-order valence-corrected chi connectivity index (χ2v) is 5.67. The number of rotatable bonds is 9. The van der Waals surface area contributed by atoms with Crippen molar-refractivity contribution in [3.05, 3.63) is 71.8 Å². The molecule has 0 saturated carbocycles. The molecule has 0 fully saturated rings. The van der Waals surface area contributed by atoms with Crippen molar-refractivity contribution < 1.29 is 14.9 Å². The molecule has 0 aromatic heterocycles. The summed E-state index contributed by atoms with van der Waals surface area (Å²) in [5, 5.41) is 18.3. The molecule has 2 aromatic carbocycles. The smallest absolute Gasteiger partial charge is 0.108 e. The summed E-state index contributed by atoms with van der Waals surface area (Å²) in [4.78, 5) is 1.95. The van der Waals surface area contributed by atoms with Gasteiger partial charge in [-0.05, 0) is 18.2 Å². The Balaban J connectivity index is 1.97. The molecule has 2 N–H and O–H groups in total. The topological polar surface area (TPSA) is 52.9 Å². The van der Waals surface area contributed by atoms with Crippen LogP contribution in [0.15, 0.2) is 60.7 Å². The van der Waals surface area contributed by atoms with Crippen LogP contribution >= 0.6 is 0 Å². The molecular formula is C19H25NO3. The molecule has 2 rings (SSSR count). The molecule has 1 unspecified atom stereocenters. The van der Waals surface area contributed by atoms with Crippen LogP contribution in [0.25, 0.3) is 0 Å². The zero-order valence-electron chi connectivity index (χ0n) is 13.5. The molecular weight excluding hydrogens is 290 g/mol. The van der Waals surface area contributed by atoms with Crippen LogP contribution in [0.5, 0.6) is 0 Å². The molecule has 0 aliphatic carbocycles. The Morgan fingerprint density at radius 1 is 0.957 bits per heavy atom. The number of nitrogens with zero attached hydrogens (tertiary/aromatic N) is 1. The summed E-state index contributed by atoms with van der Waals surface area (Å²) in [6, 6.07) is 20.3. The molecule has 4 nitrogen and oxygen atoms in total. The lowest BCUT2D eigenvalue weighted by Gasteiger charge is -2.23. The van der Waals surface area contributed by atoms with Gasteiger partial charge in [-0.2, -0.15) is 0 Å². The molecule has 0 bridgehead atoms. The quantitative estimate of drug-likeness (QED) is 0.744. The standard InChI is InChI=1S/C19H25NO3/c1-20(14-18(22)15-21)12-13-23-19(16-8-4-2-5-9-16)17-10-6-3-7-11-17/h2-11,18-19,21-22H,12-15H2,1H3. The lowest BCUT2D eigenvalue weighted by atomic mass is 10.0. The van der Waals surface area contributed by atoms with Crippen molar-refractivity contribution in [2.75, 3.05) is 33.4 Å². The van der Waals surface area contributed by atoms with Gasteiger partial charge in [0.2, 0.25) is 0 Å². The number of aliphatic hydroxyl groups is 2. The average Bonchev–Trinajstić information content (AvgIpc) is 2.60. The van der Waals surface area contributed by atoms with Crippen molar-refractivity contribution >= 4 is 0 Å². The Bertz CT molecular complexity index is 508. The third-order valence-electron chi connectivity index (χ3n) is 3.70. The average molecular weight is 315 g/mol. The van der Waals surface area contributed by atoms with E-state index in [1.807, 2.05) is 48.3 Å². The predicted octanol–water partition coefficient (Wildman–Crippen LogP) is 2.08. The van der Waals surface area contributed by atoms with E-state index in [-0.39, 0.29) is 12.7 Å². The summed E-state index contributed by atoms with van der Waals surface area (Å²) in [5.74, 6) is 0. The largest absolute Gasteiger partial charge is 0.394 e. The fourth-order valence-corrected chi connectivity index (χ4v) is 2.48. The van der Waals surface area contributed by atoms with Crippen molar-refractivity contribution in [3.8, 4) is 0 Å². The fourth-order valence-electron chi connectivity index (χ4n) is 2.48. The SMILES string of the molecule is CN(CCOC(c1ccccc1)c1ccccc1)CC(O)CO. The maximum atomic E-state index is 9.46. The number of hydrogen-bond acceptors (Lipinski definition) is 4. The van der Waals surface area contributed by atoms with Crippen LogP contribution in [0.2, 0.25) is 0 Å². The van der Waals surface area contributed by atoms with E-state index < -0.39 is 6.10 Å². The van der Waals surface area contributed by atoms with Gasteiger partial charge in [0, 0.05) is 13.1 Å². The fraction of sp³-hybridized carbons (Fsp3) is 0.368. The van der Waals surface area contributed by atoms with Gasteiger partial charge in [0.25, 0.3) is 0 Å². The summed E-state index contributed by atoms with van der Waals surface area (Å²) in [5.41, 5.74) is 2.24. The summed E-state index contributed by atoms with van der Waals surface area (Å²) >= 11 is 0. The van der Waals surface area contributed by atoms with Crippen LogP contribution in [0.3, 0.4) is 0 Å². The first-order valence-corrected chi connectivity index (χ1v) is 7.89. The Hall–Kier alpha value is -1.72. The molecule has 0 heterocycles. The van der Waals surface area contributed by atoms with Crippen LogP contribution < -0.4 is 0 Å². The number of ether oxygens (including phenoxy) is 1. The Kier molecular flexibility index (Phi) is 7.23. The molecule has 1 atom stereocenters. The van der Waals surface area contributed by atoms with E-state index in [9.17, 15) is 5.11 Å². The van der Waals surface area contributed by atoms with Gasteiger partial charge in [-0.1, -0.05) is 60.7 Å². The van der Waals surface area contributed by atoms with E-state index >= 15 is 0 Å². The third-order valence-corrected chi connectivity index (χ3v) is 3.70. The highest BCUT2D eigenvalue weighted by Crippen LogP contribution is 2.25. The Labute approximate surface area is 138 Å². The monoisotopic (exact) mass is 315 g/mol. The van der Waals surface area contributed by atoms with Gasteiger partial charge in [0.1, 0.15) is 6.10 Å². The zero-order valence-corrected chi connectivity index (χ0v) is 13.5. The maximum Gasteiger partial charge on any atom is 0.108 e. The minimum atomic E-state index is -0.709. The molecule has 23 heavy (non-hydrogen) atoms. The van der Waals surface area contributed by atoms with Gasteiger partial charge in [0.05, 0.1) is 19.3 Å². The van der Waals surface area contributed by atoms with Gasteiger partial charge in [-0.15, -0.1) is 0 Å². The minimum absolute atomic E-state index is 0.103. The number of benzene rings is 2. The number of hydrogen-bond donors (Lipinski definition) is 2. The van der Waals surface area contributed by atoms with Crippen molar-refractivity contribution in [1.82, 2.24) is 4.90 Å². The highest BCUT2D eigenvalue weighted by atomic mass is 16.5. The summed E-state index contributed by atoms with van der Waals surface area (Å²) < 4.78 is 6.11. The zero-order chi connectivity index (χ0) is 16.5. The lowest BCUT2D eigenvalue weighted by molar-refractivity contribution is 0.0378. The second kappa shape index (κ2) is 9.43. The molecule has 0 amide bonds. The van der Waals surface area contributed by atoms with Gasteiger partial charge < -0.3 is 19.8 Å². The normalized spacial score (nSPS) is 12.7. The summed E-state index contributed by atoms with van der Waals surface area (Å²) in [6.07, 6.45) is -0.812. The van der Waals surface area contributed by atoms with Crippen molar-refractivity contribution in [2.45, 2.75) is 12.2 Å². The molecule has 0 radical (unpaired) electrons. The van der Waals surface area contributed by atoms with Crippen LogP contribution in [-0.2, 0) is 4.74 Å². The van der Waals surface area contributed by atoms with Gasteiger partial charge in [0.15, 0.2) is 0 Å². The van der Waals surface area contributed by atoms with E-state index in [2.05, 4.69) is 24.3 Å². The molecule has 124 valence electrons. The first kappa shape index (κ1) is 17.6. The number of likely N-dealkylation sites (N-methyl/N-ethyl adjacent to an activating group) is 1. The lowest BCUT2D eigenvalue weighted by Crippen LogP contribution is -2.33. The van der Waals surface area contributed by atoms with E-state index in [0.29, 0.717) is 19.7 Å². The minimum Gasteiger partial charge on any atom is -0.394 e. The first-order chi connectivity index (χ1) is 11.2. The van der Waals surface area contributed by atoms with E-state index in [1.54, 1.807) is 0 Å². The van der Waals surface area contributed by atoms with Gasteiger partial charge in [-0.3, -0.25) is 0 Å². The first-order valence-electron chi connectivity index (χ1n) is 7.89. The highest BCUT2D eigenvalue weighted by molar-refractivity contribution is 5.29. The summed E-state index contributed by atoms with van der Waals surface area (Å²) in [7, 11) is 1.91. The van der Waals surface area contributed by atoms with Crippen LogP contribution in [0.4, 0.5) is 0 Å². The van der Waals surface area contributed by atoms with Crippen LogP contribution in [-0.4, -0.2) is 54.6 Å². The highest BCUT2D eigenvalue weighted by Gasteiger charge is 2.15. The van der Waals surface area contributed by atoms with E-state index in [0.717, 1.165) is 11.1 Å². The van der Waals surface area contributed by atoms with Crippen molar-refractivity contribution in [1.29, 1.82) is 0 Å². The predicted molar refractivity (Wildman–Crippen MR) is 91.3 cm³/mol. The molecule has 2 aromatic rings.